The summed E-state index contributed by atoms with van der Waals surface area (Å²) >= 11 is 0. The Morgan fingerprint density at radius 1 is 1.17 bits per heavy atom. The lowest BCUT2D eigenvalue weighted by molar-refractivity contribution is 1.22. The van der Waals surface area contributed by atoms with Crippen LogP contribution < -0.4 is 0 Å². The lowest BCUT2D eigenvalue weighted by Gasteiger charge is -2.07. The zero-order valence-electron chi connectivity index (χ0n) is 10.3. The maximum atomic E-state index is 4.23. The van der Waals surface area contributed by atoms with Crippen molar-refractivity contribution in [3.8, 4) is 0 Å². The molecule has 0 saturated heterocycles. The number of benzene rings is 1. The van der Waals surface area contributed by atoms with E-state index in [0.717, 1.165) is 5.70 Å². The largest absolute Gasteiger partial charge is 0.309 e. The van der Waals surface area contributed by atoms with Crippen LogP contribution in [0.1, 0.15) is 6.92 Å². The maximum absolute atomic E-state index is 4.23. The van der Waals surface area contributed by atoms with Crippen LogP contribution in [-0.4, -0.2) is 9.55 Å². The minimum absolute atomic E-state index is 1.09. The number of pyridine rings is 1. The van der Waals surface area contributed by atoms with Gasteiger partial charge >= 0.3 is 0 Å². The molecule has 0 N–H and O–H groups in total. The molecule has 2 aromatic heterocycles. The van der Waals surface area contributed by atoms with Gasteiger partial charge < -0.3 is 4.57 Å². The number of allylic oxidation sites excluding steroid dienone is 3. The molecule has 0 atom stereocenters. The number of aromatic nitrogens is 2. The fourth-order valence-electron chi connectivity index (χ4n) is 2.43. The Kier molecular flexibility index (Phi) is 2.49. The Balaban J connectivity index is 2.57. The summed E-state index contributed by atoms with van der Waals surface area (Å²) in [6.45, 7) is 5.92. The monoisotopic (exact) mass is 234 g/mol. The minimum Gasteiger partial charge on any atom is -0.309 e. The molecule has 1 aromatic carbocycles. The number of fused-ring (bicyclic) bond motifs is 3. The van der Waals surface area contributed by atoms with Crippen molar-refractivity contribution in [3.05, 3.63) is 61.5 Å². The van der Waals surface area contributed by atoms with E-state index in [2.05, 4.69) is 46.5 Å². The van der Waals surface area contributed by atoms with Gasteiger partial charge in [-0.05, 0) is 25.1 Å². The van der Waals surface area contributed by atoms with Gasteiger partial charge in [0.2, 0.25) is 0 Å². The summed E-state index contributed by atoms with van der Waals surface area (Å²) in [5, 5.41) is 2.40. The Morgan fingerprint density at radius 3 is 2.72 bits per heavy atom. The second-order valence-corrected chi connectivity index (χ2v) is 4.16. The van der Waals surface area contributed by atoms with Crippen molar-refractivity contribution >= 4 is 27.5 Å². The van der Waals surface area contributed by atoms with Gasteiger partial charge in [0.1, 0.15) is 0 Å². The SMILES string of the molecule is C=C/C(=C\C)n1c2ccccc2c2cnccc21. The van der Waals surface area contributed by atoms with Gasteiger partial charge in [0.15, 0.2) is 0 Å². The lowest BCUT2D eigenvalue weighted by Crippen LogP contribution is -1.93. The van der Waals surface area contributed by atoms with Crippen LogP contribution in [0.25, 0.3) is 27.5 Å². The van der Waals surface area contributed by atoms with Crippen molar-refractivity contribution in [1.82, 2.24) is 9.55 Å². The molecule has 2 nitrogen and oxygen atoms in total. The predicted octanol–water partition coefficient (Wildman–Crippen LogP) is 4.24. The quantitative estimate of drug-likeness (QED) is 0.606. The van der Waals surface area contributed by atoms with E-state index >= 15 is 0 Å². The molecule has 18 heavy (non-hydrogen) atoms. The molecule has 0 aliphatic heterocycles. The van der Waals surface area contributed by atoms with Crippen molar-refractivity contribution in [3.63, 3.8) is 0 Å². The smallest absolute Gasteiger partial charge is 0.0571 e. The van der Waals surface area contributed by atoms with Gasteiger partial charge in [0.25, 0.3) is 0 Å². The van der Waals surface area contributed by atoms with Crippen LogP contribution in [-0.2, 0) is 0 Å². The topological polar surface area (TPSA) is 17.8 Å². The number of hydrogen-bond donors (Lipinski definition) is 0. The Labute approximate surface area is 106 Å². The molecule has 0 bridgehead atoms. The Bertz CT molecular complexity index is 710. The fourth-order valence-corrected chi connectivity index (χ4v) is 2.43. The molecule has 0 fully saturated rings. The van der Waals surface area contributed by atoms with Crippen LogP contribution in [0.4, 0.5) is 0 Å². The summed E-state index contributed by atoms with van der Waals surface area (Å²) in [6.07, 6.45) is 7.70. The lowest BCUT2D eigenvalue weighted by atomic mass is 10.2. The molecule has 0 radical (unpaired) electrons. The van der Waals surface area contributed by atoms with Crippen LogP contribution in [0.15, 0.2) is 61.5 Å². The Morgan fingerprint density at radius 2 is 1.94 bits per heavy atom. The summed E-state index contributed by atoms with van der Waals surface area (Å²) in [7, 11) is 0. The van der Waals surface area contributed by atoms with E-state index in [9.17, 15) is 0 Å². The molecule has 3 rings (SSSR count). The summed E-state index contributed by atoms with van der Waals surface area (Å²) < 4.78 is 2.22. The summed E-state index contributed by atoms with van der Waals surface area (Å²) in [6, 6.07) is 10.4. The summed E-state index contributed by atoms with van der Waals surface area (Å²) in [5.74, 6) is 0. The fraction of sp³-hybridized carbons (Fsp3) is 0.0625. The van der Waals surface area contributed by atoms with Gasteiger partial charge in [-0.2, -0.15) is 0 Å². The molecule has 0 amide bonds. The van der Waals surface area contributed by atoms with Crippen molar-refractivity contribution in [2.24, 2.45) is 0 Å². The van der Waals surface area contributed by atoms with E-state index in [-0.39, 0.29) is 0 Å². The molecule has 0 saturated carbocycles. The number of rotatable bonds is 2. The van der Waals surface area contributed by atoms with E-state index in [4.69, 9.17) is 0 Å². The Hall–Kier alpha value is -2.35. The van der Waals surface area contributed by atoms with Crippen molar-refractivity contribution in [2.45, 2.75) is 6.92 Å². The highest BCUT2D eigenvalue weighted by molar-refractivity contribution is 6.09. The molecule has 0 unspecified atom stereocenters. The average molecular weight is 234 g/mol. The number of nitrogens with zero attached hydrogens (tertiary/aromatic N) is 2. The number of hydrogen-bond acceptors (Lipinski definition) is 1. The first-order chi connectivity index (χ1) is 8.86. The van der Waals surface area contributed by atoms with Gasteiger partial charge in [0, 0.05) is 28.9 Å². The van der Waals surface area contributed by atoms with E-state index in [1.165, 1.54) is 21.8 Å². The first-order valence-corrected chi connectivity index (χ1v) is 5.99. The first kappa shape index (κ1) is 10.8. The predicted molar refractivity (Wildman–Crippen MR) is 77.4 cm³/mol. The summed E-state index contributed by atoms with van der Waals surface area (Å²) in [5.41, 5.74) is 3.44. The van der Waals surface area contributed by atoms with Gasteiger partial charge in [-0.1, -0.05) is 30.9 Å². The van der Waals surface area contributed by atoms with Gasteiger partial charge in [-0.3, -0.25) is 4.98 Å². The zero-order chi connectivity index (χ0) is 12.5. The molecule has 0 aliphatic carbocycles. The molecule has 2 heteroatoms. The second kappa shape index (κ2) is 4.15. The van der Waals surface area contributed by atoms with Gasteiger partial charge in [-0.25, -0.2) is 0 Å². The molecule has 0 aliphatic rings. The van der Waals surface area contributed by atoms with E-state index in [1.807, 2.05) is 31.5 Å². The highest BCUT2D eigenvalue weighted by atomic mass is 15.0. The van der Waals surface area contributed by atoms with Crippen molar-refractivity contribution in [2.75, 3.05) is 0 Å². The molecule has 88 valence electrons. The standard InChI is InChI=1S/C16H14N2/c1-3-12(4-2)18-15-8-6-5-7-13(15)14-11-17-10-9-16(14)18/h3-11H,1H2,2H3/b12-4+. The van der Waals surface area contributed by atoms with E-state index < -0.39 is 0 Å². The maximum Gasteiger partial charge on any atom is 0.0571 e. The van der Waals surface area contributed by atoms with Crippen LogP contribution >= 0.6 is 0 Å². The molecule has 0 spiro atoms. The highest BCUT2D eigenvalue weighted by Crippen LogP contribution is 2.30. The third kappa shape index (κ3) is 1.39. The van der Waals surface area contributed by atoms with E-state index in [0.29, 0.717) is 0 Å². The molecule has 3 aromatic rings. The molecular weight excluding hydrogens is 220 g/mol. The van der Waals surface area contributed by atoms with E-state index in [1.54, 1.807) is 0 Å². The van der Waals surface area contributed by atoms with Crippen LogP contribution in [0, 0.1) is 0 Å². The summed E-state index contributed by atoms with van der Waals surface area (Å²) in [4.78, 5) is 4.23. The normalized spacial score (nSPS) is 12.2. The molecule has 2 heterocycles. The average Bonchev–Trinajstić information content (AvgIpc) is 2.76. The van der Waals surface area contributed by atoms with Gasteiger partial charge in [0.05, 0.1) is 11.0 Å². The molecular formula is C16H14N2. The van der Waals surface area contributed by atoms with Crippen LogP contribution in [0.5, 0.6) is 0 Å². The first-order valence-electron chi connectivity index (χ1n) is 5.99. The second-order valence-electron chi connectivity index (χ2n) is 4.16. The van der Waals surface area contributed by atoms with Gasteiger partial charge in [-0.15, -0.1) is 0 Å². The third-order valence-corrected chi connectivity index (χ3v) is 3.24. The minimum atomic E-state index is 1.09. The third-order valence-electron chi connectivity index (χ3n) is 3.24. The zero-order valence-corrected chi connectivity index (χ0v) is 10.3. The highest BCUT2D eigenvalue weighted by Gasteiger charge is 2.10. The van der Waals surface area contributed by atoms with Crippen molar-refractivity contribution < 1.29 is 0 Å². The van der Waals surface area contributed by atoms with Crippen LogP contribution in [0.2, 0.25) is 0 Å². The van der Waals surface area contributed by atoms with Crippen LogP contribution in [0.3, 0.4) is 0 Å². The van der Waals surface area contributed by atoms with Crippen molar-refractivity contribution in [1.29, 1.82) is 0 Å². The number of para-hydroxylation sites is 1.